The SMILES string of the molecule is C=CC=CC(C=C)/C=C(/C)CC(=C)Nc1ccc(C)cc1. The lowest BCUT2D eigenvalue weighted by molar-refractivity contribution is 1.01. The highest BCUT2D eigenvalue weighted by Crippen LogP contribution is 2.17. The maximum absolute atomic E-state index is 4.10. The molecule has 1 N–H and O–H groups in total. The zero-order valence-electron chi connectivity index (χ0n) is 13.1. The average molecular weight is 279 g/mol. The first kappa shape index (κ1) is 16.8. The van der Waals surface area contributed by atoms with E-state index in [0.29, 0.717) is 0 Å². The van der Waals surface area contributed by atoms with Gasteiger partial charge in [0.2, 0.25) is 0 Å². The van der Waals surface area contributed by atoms with Gasteiger partial charge in [-0.15, -0.1) is 6.58 Å². The summed E-state index contributed by atoms with van der Waals surface area (Å²) in [7, 11) is 0. The van der Waals surface area contributed by atoms with E-state index in [4.69, 9.17) is 0 Å². The molecule has 110 valence electrons. The average Bonchev–Trinajstić information content (AvgIpc) is 2.45. The van der Waals surface area contributed by atoms with Crippen molar-refractivity contribution in [3.8, 4) is 0 Å². The molecule has 1 nitrogen and oxygen atoms in total. The third-order valence-electron chi connectivity index (χ3n) is 3.08. The van der Waals surface area contributed by atoms with Gasteiger partial charge < -0.3 is 5.32 Å². The Bertz CT molecular complexity index is 544. The molecule has 0 spiro atoms. The number of benzene rings is 1. The first-order valence-electron chi connectivity index (χ1n) is 7.15. The number of hydrogen-bond acceptors (Lipinski definition) is 1. The molecule has 1 aromatic rings. The van der Waals surface area contributed by atoms with Gasteiger partial charge in [0.15, 0.2) is 0 Å². The highest BCUT2D eigenvalue weighted by molar-refractivity contribution is 5.49. The molecule has 0 saturated heterocycles. The van der Waals surface area contributed by atoms with Crippen LogP contribution in [0.2, 0.25) is 0 Å². The summed E-state index contributed by atoms with van der Waals surface area (Å²) in [6, 6.07) is 8.32. The zero-order valence-corrected chi connectivity index (χ0v) is 13.1. The van der Waals surface area contributed by atoms with Gasteiger partial charge in [0.05, 0.1) is 0 Å². The van der Waals surface area contributed by atoms with Crippen molar-refractivity contribution in [2.75, 3.05) is 5.32 Å². The van der Waals surface area contributed by atoms with E-state index in [9.17, 15) is 0 Å². The Hall–Kier alpha value is -2.28. The number of rotatable bonds is 8. The van der Waals surface area contributed by atoms with E-state index >= 15 is 0 Å². The third kappa shape index (κ3) is 6.62. The Kier molecular flexibility index (Phi) is 7.03. The van der Waals surface area contributed by atoms with Crippen LogP contribution >= 0.6 is 0 Å². The predicted molar refractivity (Wildman–Crippen MR) is 95.3 cm³/mol. The van der Waals surface area contributed by atoms with Crippen molar-refractivity contribution in [1.82, 2.24) is 0 Å². The zero-order chi connectivity index (χ0) is 15.7. The van der Waals surface area contributed by atoms with Gasteiger partial charge in [-0.1, -0.05) is 66.8 Å². The summed E-state index contributed by atoms with van der Waals surface area (Å²) in [5, 5.41) is 3.34. The minimum Gasteiger partial charge on any atom is -0.359 e. The van der Waals surface area contributed by atoms with E-state index < -0.39 is 0 Å². The van der Waals surface area contributed by atoms with Crippen LogP contribution in [-0.4, -0.2) is 0 Å². The molecule has 0 aliphatic rings. The van der Waals surface area contributed by atoms with Crippen LogP contribution in [0.1, 0.15) is 18.9 Å². The van der Waals surface area contributed by atoms with Crippen molar-refractivity contribution >= 4 is 5.69 Å². The molecule has 0 aliphatic heterocycles. The maximum Gasteiger partial charge on any atom is 0.0381 e. The number of aryl methyl sites for hydroxylation is 1. The molecule has 0 saturated carbocycles. The second kappa shape index (κ2) is 8.80. The molecule has 1 aromatic carbocycles. The van der Waals surface area contributed by atoms with Gasteiger partial charge in [0, 0.05) is 23.7 Å². The highest BCUT2D eigenvalue weighted by Gasteiger charge is 2.00. The first-order chi connectivity index (χ1) is 10.0. The van der Waals surface area contributed by atoms with Crippen molar-refractivity contribution < 1.29 is 0 Å². The molecule has 0 aromatic heterocycles. The molecule has 1 heteroatoms. The van der Waals surface area contributed by atoms with E-state index in [0.717, 1.165) is 17.8 Å². The lowest BCUT2D eigenvalue weighted by Crippen LogP contribution is -1.99. The van der Waals surface area contributed by atoms with Crippen molar-refractivity contribution in [3.63, 3.8) is 0 Å². The van der Waals surface area contributed by atoms with E-state index in [1.165, 1.54) is 11.1 Å². The van der Waals surface area contributed by atoms with Gasteiger partial charge >= 0.3 is 0 Å². The molecule has 1 rings (SSSR count). The minimum atomic E-state index is 0.232. The van der Waals surface area contributed by atoms with Gasteiger partial charge in [-0.05, 0) is 26.0 Å². The molecule has 0 heterocycles. The second-order valence-corrected chi connectivity index (χ2v) is 5.22. The largest absolute Gasteiger partial charge is 0.359 e. The van der Waals surface area contributed by atoms with Gasteiger partial charge in [-0.3, -0.25) is 0 Å². The van der Waals surface area contributed by atoms with Crippen LogP contribution in [0.5, 0.6) is 0 Å². The lowest BCUT2D eigenvalue weighted by atomic mass is 10.0. The van der Waals surface area contributed by atoms with Gasteiger partial charge in [0.25, 0.3) is 0 Å². The summed E-state index contributed by atoms with van der Waals surface area (Å²) in [6.45, 7) is 15.8. The Morgan fingerprint density at radius 2 is 1.90 bits per heavy atom. The molecular weight excluding hydrogens is 254 g/mol. The summed E-state index contributed by atoms with van der Waals surface area (Å²) in [4.78, 5) is 0. The van der Waals surface area contributed by atoms with Crippen molar-refractivity contribution in [2.45, 2.75) is 20.3 Å². The quantitative estimate of drug-likeness (QED) is 0.468. The summed E-state index contributed by atoms with van der Waals surface area (Å²) in [5.41, 5.74) is 4.58. The Morgan fingerprint density at radius 3 is 2.48 bits per heavy atom. The van der Waals surface area contributed by atoms with Gasteiger partial charge in [0.1, 0.15) is 0 Å². The van der Waals surface area contributed by atoms with E-state index in [-0.39, 0.29) is 5.92 Å². The Labute approximate surface area is 129 Å². The molecule has 1 unspecified atom stereocenters. The summed E-state index contributed by atoms with van der Waals surface area (Å²) in [5.74, 6) is 0.232. The van der Waals surface area contributed by atoms with Crippen molar-refractivity contribution in [3.05, 3.63) is 91.2 Å². The molecule has 1 atom stereocenters. The maximum atomic E-state index is 4.10. The fourth-order valence-corrected chi connectivity index (χ4v) is 2.02. The number of allylic oxidation sites excluding steroid dienone is 6. The molecular formula is C20H25N. The van der Waals surface area contributed by atoms with Crippen LogP contribution in [0.4, 0.5) is 5.69 Å². The summed E-state index contributed by atoms with van der Waals surface area (Å²) >= 11 is 0. The van der Waals surface area contributed by atoms with E-state index in [1.807, 2.05) is 12.2 Å². The molecule has 0 amide bonds. The van der Waals surface area contributed by atoms with Crippen LogP contribution in [0, 0.1) is 12.8 Å². The smallest absolute Gasteiger partial charge is 0.0381 e. The van der Waals surface area contributed by atoms with Crippen molar-refractivity contribution in [1.29, 1.82) is 0 Å². The number of hydrogen-bond donors (Lipinski definition) is 1. The van der Waals surface area contributed by atoms with Crippen LogP contribution in [-0.2, 0) is 0 Å². The molecule has 21 heavy (non-hydrogen) atoms. The Morgan fingerprint density at radius 1 is 1.24 bits per heavy atom. The molecule has 0 fully saturated rings. The summed E-state index contributed by atoms with van der Waals surface area (Å²) in [6.07, 6.45) is 10.7. The van der Waals surface area contributed by atoms with Crippen LogP contribution in [0.3, 0.4) is 0 Å². The van der Waals surface area contributed by atoms with Crippen LogP contribution in [0.25, 0.3) is 0 Å². The first-order valence-corrected chi connectivity index (χ1v) is 7.15. The predicted octanol–water partition coefficient (Wildman–Crippen LogP) is 5.80. The molecule has 0 bridgehead atoms. The summed E-state index contributed by atoms with van der Waals surface area (Å²) < 4.78 is 0. The van der Waals surface area contributed by atoms with Crippen molar-refractivity contribution in [2.24, 2.45) is 5.92 Å². The fraction of sp³-hybridized carbons (Fsp3) is 0.200. The number of nitrogens with one attached hydrogen (secondary N) is 1. The Balaban J connectivity index is 2.60. The second-order valence-electron chi connectivity index (χ2n) is 5.22. The van der Waals surface area contributed by atoms with E-state index in [1.54, 1.807) is 6.08 Å². The minimum absolute atomic E-state index is 0.232. The number of anilines is 1. The van der Waals surface area contributed by atoms with Crippen LogP contribution < -0.4 is 5.32 Å². The molecule has 0 radical (unpaired) electrons. The van der Waals surface area contributed by atoms with Crippen LogP contribution in [0.15, 0.2) is 85.7 Å². The fourth-order valence-electron chi connectivity index (χ4n) is 2.02. The highest BCUT2D eigenvalue weighted by atomic mass is 14.9. The van der Waals surface area contributed by atoms with Gasteiger partial charge in [-0.2, -0.15) is 0 Å². The monoisotopic (exact) mass is 279 g/mol. The van der Waals surface area contributed by atoms with E-state index in [2.05, 4.69) is 75.3 Å². The van der Waals surface area contributed by atoms with Gasteiger partial charge in [-0.25, -0.2) is 0 Å². The lowest BCUT2D eigenvalue weighted by Gasteiger charge is -2.11. The molecule has 0 aliphatic carbocycles. The topological polar surface area (TPSA) is 12.0 Å². The standard InChI is InChI=1S/C20H25N/c1-6-8-9-19(7-2)15-17(4)14-18(5)21-20-12-10-16(3)11-13-20/h6-13,15,19,21H,1-2,5,14H2,3-4H3/b9-8?,17-15-. The third-order valence-corrected chi connectivity index (χ3v) is 3.08. The normalized spacial score (nSPS) is 13.0.